The second-order valence-electron chi connectivity index (χ2n) is 6.35. The number of halogens is 1. The van der Waals surface area contributed by atoms with Gasteiger partial charge in [0.25, 0.3) is 0 Å². The summed E-state index contributed by atoms with van der Waals surface area (Å²) in [6.07, 6.45) is 2.08. The van der Waals surface area contributed by atoms with Crippen LogP contribution in [0, 0.1) is 5.82 Å². The van der Waals surface area contributed by atoms with E-state index in [1.165, 1.54) is 20.3 Å². The second kappa shape index (κ2) is 8.81. The first kappa shape index (κ1) is 19.1. The van der Waals surface area contributed by atoms with Gasteiger partial charge >= 0.3 is 5.97 Å². The van der Waals surface area contributed by atoms with E-state index in [2.05, 4.69) is 15.0 Å². The lowest BCUT2D eigenvalue weighted by atomic mass is 9.94. The van der Waals surface area contributed by atoms with Crippen molar-refractivity contribution in [3.63, 3.8) is 0 Å². The Balaban J connectivity index is 1.74. The minimum Gasteiger partial charge on any atom is -0.496 e. The molecule has 0 aliphatic carbocycles. The highest BCUT2D eigenvalue weighted by Gasteiger charge is 2.19. The molecule has 2 heterocycles. The molecule has 7 heteroatoms. The molecule has 1 saturated heterocycles. The van der Waals surface area contributed by atoms with Crippen molar-refractivity contribution in [3.8, 4) is 11.6 Å². The van der Waals surface area contributed by atoms with Crippen molar-refractivity contribution in [2.75, 3.05) is 27.3 Å². The Kier molecular flexibility index (Phi) is 6.24. The molecule has 1 N–H and O–H groups in total. The Morgan fingerprint density at radius 2 is 2.04 bits per heavy atom. The molecule has 2 aromatic rings. The summed E-state index contributed by atoms with van der Waals surface area (Å²) >= 11 is 0. The zero-order valence-corrected chi connectivity index (χ0v) is 15.5. The van der Waals surface area contributed by atoms with Gasteiger partial charge in [-0.1, -0.05) is 6.07 Å². The Morgan fingerprint density at radius 3 is 2.74 bits per heavy atom. The van der Waals surface area contributed by atoms with E-state index >= 15 is 0 Å². The summed E-state index contributed by atoms with van der Waals surface area (Å²) in [5, 5.41) is 3.33. The summed E-state index contributed by atoms with van der Waals surface area (Å²) in [6, 6.07) is 8.19. The third-order valence-corrected chi connectivity index (χ3v) is 4.65. The van der Waals surface area contributed by atoms with Crippen LogP contribution in [0.5, 0.6) is 11.6 Å². The quantitative estimate of drug-likeness (QED) is 0.784. The number of piperidine rings is 1. The van der Waals surface area contributed by atoms with Gasteiger partial charge in [-0.25, -0.2) is 14.2 Å². The Labute approximate surface area is 157 Å². The van der Waals surface area contributed by atoms with Crippen molar-refractivity contribution < 1.29 is 23.4 Å². The molecule has 0 saturated carbocycles. The SMILES string of the molecule is COC(=O)c1cc(F)c(COc2cccc(C3CCNCC3)n2)cc1OC. The fourth-order valence-corrected chi connectivity index (χ4v) is 3.15. The average Bonchev–Trinajstić information content (AvgIpc) is 2.73. The first-order chi connectivity index (χ1) is 13.1. The standard InChI is InChI=1S/C20H23FN2O4/c1-25-18-10-14(16(21)11-15(18)20(24)26-2)12-27-19-5-3-4-17(23-19)13-6-8-22-9-7-13/h3-5,10-11,13,22H,6-9,12H2,1-2H3. The van der Waals surface area contributed by atoms with Gasteiger partial charge in [0.15, 0.2) is 0 Å². The molecule has 3 rings (SSSR count). The van der Waals surface area contributed by atoms with Crippen molar-refractivity contribution in [3.05, 3.63) is 53.0 Å². The lowest BCUT2D eigenvalue weighted by molar-refractivity contribution is 0.0596. The molecule has 6 nitrogen and oxygen atoms in total. The van der Waals surface area contributed by atoms with E-state index in [1.54, 1.807) is 6.07 Å². The number of esters is 1. The van der Waals surface area contributed by atoms with Crippen LogP contribution in [0.4, 0.5) is 4.39 Å². The van der Waals surface area contributed by atoms with Gasteiger partial charge in [-0.3, -0.25) is 0 Å². The van der Waals surface area contributed by atoms with E-state index < -0.39 is 11.8 Å². The van der Waals surface area contributed by atoms with Crippen LogP contribution in [0.25, 0.3) is 0 Å². The van der Waals surface area contributed by atoms with Gasteiger partial charge in [0.1, 0.15) is 23.7 Å². The predicted molar refractivity (Wildman–Crippen MR) is 97.7 cm³/mol. The summed E-state index contributed by atoms with van der Waals surface area (Å²) in [5.74, 6) is -0.133. The van der Waals surface area contributed by atoms with Crippen LogP contribution in [0.15, 0.2) is 30.3 Å². The molecule has 27 heavy (non-hydrogen) atoms. The zero-order chi connectivity index (χ0) is 19.2. The summed E-state index contributed by atoms with van der Waals surface area (Å²) in [5.41, 5.74) is 1.30. The Morgan fingerprint density at radius 1 is 1.26 bits per heavy atom. The van der Waals surface area contributed by atoms with Crippen molar-refractivity contribution >= 4 is 5.97 Å². The van der Waals surface area contributed by atoms with Gasteiger partial charge < -0.3 is 19.5 Å². The number of benzene rings is 1. The van der Waals surface area contributed by atoms with Gasteiger partial charge in [-0.2, -0.15) is 0 Å². The van der Waals surface area contributed by atoms with Gasteiger partial charge in [0.05, 0.1) is 14.2 Å². The van der Waals surface area contributed by atoms with Crippen LogP contribution in [0.1, 0.15) is 40.4 Å². The fraction of sp³-hybridized carbons (Fsp3) is 0.400. The highest BCUT2D eigenvalue weighted by molar-refractivity contribution is 5.92. The Hall–Kier alpha value is -2.67. The van der Waals surface area contributed by atoms with Crippen LogP contribution in [0.3, 0.4) is 0 Å². The maximum atomic E-state index is 14.4. The largest absolute Gasteiger partial charge is 0.496 e. The normalized spacial score (nSPS) is 14.6. The van der Waals surface area contributed by atoms with Crippen LogP contribution >= 0.6 is 0 Å². The number of carbonyl (C=O) groups excluding carboxylic acids is 1. The molecule has 1 aliphatic heterocycles. The minimum atomic E-state index is -0.658. The lowest BCUT2D eigenvalue weighted by Crippen LogP contribution is -2.27. The molecule has 0 atom stereocenters. The molecule has 1 aromatic carbocycles. The average molecular weight is 374 g/mol. The van der Waals surface area contributed by atoms with Gasteiger partial charge in [-0.05, 0) is 44.1 Å². The van der Waals surface area contributed by atoms with Crippen LogP contribution in [-0.2, 0) is 11.3 Å². The van der Waals surface area contributed by atoms with Gasteiger partial charge in [0.2, 0.25) is 5.88 Å². The number of aromatic nitrogens is 1. The van der Waals surface area contributed by atoms with E-state index in [9.17, 15) is 9.18 Å². The lowest BCUT2D eigenvalue weighted by Gasteiger charge is -2.22. The molecule has 1 aliphatic rings. The molecule has 1 aromatic heterocycles. The first-order valence-electron chi connectivity index (χ1n) is 8.87. The number of rotatable bonds is 6. The van der Waals surface area contributed by atoms with Crippen molar-refractivity contribution in [1.29, 1.82) is 0 Å². The second-order valence-corrected chi connectivity index (χ2v) is 6.35. The molecule has 1 fully saturated rings. The monoisotopic (exact) mass is 374 g/mol. The smallest absolute Gasteiger partial charge is 0.341 e. The number of nitrogens with zero attached hydrogens (tertiary/aromatic N) is 1. The zero-order valence-electron chi connectivity index (χ0n) is 15.5. The Bertz CT molecular complexity index is 807. The molecule has 0 radical (unpaired) electrons. The predicted octanol–water partition coefficient (Wildman–Crippen LogP) is 3.06. The van der Waals surface area contributed by atoms with Gasteiger partial charge in [0, 0.05) is 23.2 Å². The number of pyridine rings is 1. The molecule has 0 unspecified atom stereocenters. The summed E-state index contributed by atoms with van der Waals surface area (Å²) in [6.45, 7) is 1.94. The topological polar surface area (TPSA) is 69.7 Å². The van der Waals surface area contributed by atoms with Crippen LogP contribution < -0.4 is 14.8 Å². The number of hydrogen-bond acceptors (Lipinski definition) is 6. The van der Waals surface area contributed by atoms with E-state index in [0.29, 0.717) is 11.8 Å². The van der Waals surface area contributed by atoms with Gasteiger partial charge in [-0.15, -0.1) is 0 Å². The highest BCUT2D eigenvalue weighted by Crippen LogP contribution is 2.27. The van der Waals surface area contributed by atoms with E-state index in [-0.39, 0.29) is 23.5 Å². The van der Waals surface area contributed by atoms with Crippen molar-refractivity contribution in [2.45, 2.75) is 25.4 Å². The number of nitrogens with one attached hydrogen (secondary N) is 1. The van der Waals surface area contributed by atoms with E-state index in [1.807, 2.05) is 12.1 Å². The number of ether oxygens (including phenoxy) is 3. The summed E-state index contributed by atoms with van der Waals surface area (Å²) in [4.78, 5) is 16.3. The van der Waals surface area contributed by atoms with E-state index in [0.717, 1.165) is 37.7 Å². The number of hydrogen-bond donors (Lipinski definition) is 1. The fourth-order valence-electron chi connectivity index (χ4n) is 3.15. The molecule has 0 bridgehead atoms. The van der Waals surface area contributed by atoms with E-state index in [4.69, 9.17) is 9.47 Å². The third-order valence-electron chi connectivity index (χ3n) is 4.65. The summed E-state index contributed by atoms with van der Waals surface area (Å²) in [7, 11) is 2.64. The summed E-state index contributed by atoms with van der Waals surface area (Å²) < 4.78 is 29.9. The molecule has 0 amide bonds. The number of methoxy groups -OCH3 is 2. The molecular weight excluding hydrogens is 351 g/mol. The minimum absolute atomic E-state index is 0.0215. The van der Waals surface area contributed by atoms with Crippen LogP contribution in [-0.4, -0.2) is 38.3 Å². The third kappa shape index (κ3) is 4.54. The molecule has 0 spiro atoms. The number of carbonyl (C=O) groups is 1. The van der Waals surface area contributed by atoms with Crippen molar-refractivity contribution in [2.24, 2.45) is 0 Å². The first-order valence-corrected chi connectivity index (χ1v) is 8.87. The maximum Gasteiger partial charge on any atom is 0.341 e. The molecule has 144 valence electrons. The maximum absolute atomic E-state index is 14.4. The molecular formula is C20H23FN2O4. The highest BCUT2D eigenvalue weighted by atomic mass is 19.1. The van der Waals surface area contributed by atoms with Crippen molar-refractivity contribution in [1.82, 2.24) is 10.3 Å². The van der Waals surface area contributed by atoms with Crippen LogP contribution in [0.2, 0.25) is 0 Å².